The van der Waals surface area contributed by atoms with Crippen LogP contribution >= 0.6 is 11.6 Å². The minimum Gasteiger partial charge on any atom is -0.363 e. The van der Waals surface area contributed by atoms with Crippen molar-refractivity contribution in [2.45, 2.75) is 6.29 Å². The second kappa shape index (κ2) is 7.89. The third-order valence-electron chi connectivity index (χ3n) is 4.91. The third-order valence-corrected chi connectivity index (χ3v) is 5.21. The van der Waals surface area contributed by atoms with E-state index in [1.54, 1.807) is 10.6 Å². The molecule has 3 heterocycles. The number of halogens is 1. The van der Waals surface area contributed by atoms with Crippen LogP contribution in [0.25, 0.3) is 16.8 Å². The standard InChI is InChI=1S/C20H21ClN4O3/c1-28-20(27)18-12-15(21)17-7-6-16(23-25(17)18)13-2-4-14(5-3-13)19(26)24-10-8-22-9-11-24/h2-7,12,20,22,27H,8-11H2,1H3. The molecule has 0 radical (unpaired) electrons. The molecule has 146 valence electrons. The molecule has 1 aromatic carbocycles. The van der Waals surface area contributed by atoms with Crippen molar-refractivity contribution in [2.75, 3.05) is 33.3 Å². The number of nitrogens with one attached hydrogen (secondary N) is 1. The van der Waals surface area contributed by atoms with Gasteiger partial charge in [0.1, 0.15) is 0 Å². The quantitative estimate of drug-likeness (QED) is 0.657. The van der Waals surface area contributed by atoms with E-state index in [2.05, 4.69) is 10.4 Å². The van der Waals surface area contributed by atoms with Gasteiger partial charge in [-0.25, -0.2) is 4.52 Å². The van der Waals surface area contributed by atoms with E-state index in [-0.39, 0.29) is 5.91 Å². The number of nitrogens with zero attached hydrogens (tertiary/aromatic N) is 3. The molecule has 7 nitrogen and oxygen atoms in total. The smallest absolute Gasteiger partial charge is 0.253 e. The molecule has 0 bridgehead atoms. The van der Waals surface area contributed by atoms with E-state index in [4.69, 9.17) is 16.3 Å². The van der Waals surface area contributed by atoms with Gasteiger partial charge in [0.15, 0.2) is 6.29 Å². The first-order valence-electron chi connectivity index (χ1n) is 9.08. The van der Waals surface area contributed by atoms with E-state index >= 15 is 0 Å². The average Bonchev–Trinajstić information content (AvgIpc) is 3.09. The maximum absolute atomic E-state index is 12.6. The van der Waals surface area contributed by atoms with Gasteiger partial charge in [0.25, 0.3) is 5.91 Å². The van der Waals surface area contributed by atoms with E-state index < -0.39 is 6.29 Å². The minimum absolute atomic E-state index is 0.0409. The summed E-state index contributed by atoms with van der Waals surface area (Å²) >= 11 is 6.23. The van der Waals surface area contributed by atoms with Crippen LogP contribution in [0.4, 0.5) is 0 Å². The monoisotopic (exact) mass is 400 g/mol. The lowest BCUT2D eigenvalue weighted by Crippen LogP contribution is -2.46. The number of piperazine rings is 1. The van der Waals surface area contributed by atoms with Crippen LogP contribution < -0.4 is 5.32 Å². The zero-order chi connectivity index (χ0) is 19.7. The molecule has 4 rings (SSSR count). The second-order valence-corrected chi connectivity index (χ2v) is 7.05. The molecule has 1 atom stereocenters. The van der Waals surface area contributed by atoms with Gasteiger partial charge in [-0.1, -0.05) is 23.7 Å². The van der Waals surface area contributed by atoms with Crippen LogP contribution in [0.2, 0.25) is 5.02 Å². The Labute approximate surface area is 167 Å². The summed E-state index contributed by atoms with van der Waals surface area (Å²) in [6.45, 7) is 3.08. The SMILES string of the molecule is COC(O)c1cc(Cl)c2ccc(-c3ccc(C(=O)N4CCNCC4)cc3)nn12. The summed E-state index contributed by atoms with van der Waals surface area (Å²) in [5.41, 5.74) is 3.36. The molecule has 1 aliphatic rings. The van der Waals surface area contributed by atoms with Gasteiger partial charge in [-0.15, -0.1) is 0 Å². The van der Waals surface area contributed by atoms with Gasteiger partial charge in [0.2, 0.25) is 0 Å². The summed E-state index contributed by atoms with van der Waals surface area (Å²) < 4.78 is 6.57. The second-order valence-electron chi connectivity index (χ2n) is 6.64. The number of methoxy groups -OCH3 is 1. The fourth-order valence-corrected chi connectivity index (χ4v) is 3.61. The molecule has 28 heavy (non-hydrogen) atoms. The zero-order valence-corrected chi connectivity index (χ0v) is 16.2. The van der Waals surface area contributed by atoms with Crippen LogP contribution in [0.3, 0.4) is 0 Å². The molecular weight excluding hydrogens is 380 g/mol. The Morgan fingerprint density at radius 1 is 1.21 bits per heavy atom. The van der Waals surface area contributed by atoms with E-state index in [1.165, 1.54) is 7.11 Å². The molecule has 1 unspecified atom stereocenters. The van der Waals surface area contributed by atoms with Gasteiger partial charge in [-0.3, -0.25) is 4.79 Å². The summed E-state index contributed by atoms with van der Waals surface area (Å²) in [6.07, 6.45) is -1.12. The largest absolute Gasteiger partial charge is 0.363 e. The van der Waals surface area contributed by atoms with Crippen molar-refractivity contribution in [1.29, 1.82) is 0 Å². The lowest BCUT2D eigenvalue weighted by atomic mass is 10.1. The van der Waals surface area contributed by atoms with Gasteiger partial charge in [0.05, 0.1) is 21.9 Å². The highest BCUT2D eigenvalue weighted by Crippen LogP contribution is 2.28. The van der Waals surface area contributed by atoms with Gasteiger partial charge in [0, 0.05) is 44.4 Å². The third kappa shape index (κ3) is 3.49. The predicted octanol–water partition coefficient (Wildman–Crippen LogP) is 2.34. The van der Waals surface area contributed by atoms with E-state index in [0.717, 1.165) is 31.7 Å². The first kappa shape index (κ1) is 18.9. The zero-order valence-electron chi connectivity index (χ0n) is 15.4. The molecule has 0 spiro atoms. The van der Waals surface area contributed by atoms with Gasteiger partial charge >= 0.3 is 0 Å². The van der Waals surface area contributed by atoms with Crippen molar-refractivity contribution >= 4 is 23.0 Å². The van der Waals surface area contributed by atoms with E-state index in [1.807, 2.05) is 41.3 Å². The number of hydrogen-bond acceptors (Lipinski definition) is 5. The van der Waals surface area contributed by atoms with Crippen LogP contribution in [0.5, 0.6) is 0 Å². The van der Waals surface area contributed by atoms with E-state index in [9.17, 15) is 9.90 Å². The Morgan fingerprint density at radius 3 is 2.61 bits per heavy atom. The van der Waals surface area contributed by atoms with Crippen molar-refractivity contribution in [3.63, 3.8) is 0 Å². The molecular formula is C20H21ClN4O3. The number of benzene rings is 1. The molecule has 0 saturated carbocycles. The number of hydrogen-bond donors (Lipinski definition) is 2. The van der Waals surface area contributed by atoms with Crippen LogP contribution in [0.1, 0.15) is 22.3 Å². The highest BCUT2D eigenvalue weighted by atomic mass is 35.5. The van der Waals surface area contributed by atoms with Crippen molar-refractivity contribution < 1.29 is 14.6 Å². The number of fused-ring (bicyclic) bond motifs is 1. The first-order valence-corrected chi connectivity index (χ1v) is 9.46. The highest BCUT2D eigenvalue weighted by molar-refractivity contribution is 6.34. The number of amides is 1. The fraction of sp³-hybridized carbons (Fsp3) is 0.300. The summed E-state index contributed by atoms with van der Waals surface area (Å²) in [4.78, 5) is 14.5. The molecule has 2 aromatic heterocycles. The topological polar surface area (TPSA) is 79.1 Å². The Hall–Kier alpha value is -2.45. The molecule has 1 saturated heterocycles. The first-order chi connectivity index (χ1) is 13.6. The number of aliphatic hydroxyl groups excluding tert-OH is 1. The van der Waals surface area contributed by atoms with Crippen molar-refractivity contribution in [3.8, 4) is 11.3 Å². The van der Waals surface area contributed by atoms with Crippen molar-refractivity contribution in [1.82, 2.24) is 19.8 Å². The van der Waals surface area contributed by atoms with Crippen LogP contribution in [-0.4, -0.2) is 58.8 Å². The summed E-state index contributed by atoms with van der Waals surface area (Å²) in [5, 5.41) is 18.4. The number of carbonyl (C=O) groups excluding carboxylic acids is 1. The lowest BCUT2D eigenvalue weighted by molar-refractivity contribution is -0.0808. The summed E-state index contributed by atoms with van der Waals surface area (Å²) in [7, 11) is 1.41. The predicted molar refractivity (Wildman–Crippen MR) is 106 cm³/mol. The normalized spacial score (nSPS) is 15.8. The molecule has 1 aliphatic heterocycles. The lowest BCUT2D eigenvalue weighted by Gasteiger charge is -2.27. The van der Waals surface area contributed by atoms with Crippen LogP contribution in [0, 0.1) is 0 Å². The molecule has 8 heteroatoms. The maximum atomic E-state index is 12.6. The highest BCUT2D eigenvalue weighted by Gasteiger charge is 2.19. The Kier molecular flexibility index (Phi) is 5.32. The summed E-state index contributed by atoms with van der Waals surface area (Å²) in [6, 6.07) is 12.7. The maximum Gasteiger partial charge on any atom is 0.253 e. The van der Waals surface area contributed by atoms with Crippen molar-refractivity contribution in [2.24, 2.45) is 0 Å². The van der Waals surface area contributed by atoms with E-state index in [0.29, 0.717) is 27.5 Å². The minimum atomic E-state index is -1.12. The Balaban J connectivity index is 1.63. The van der Waals surface area contributed by atoms with Gasteiger partial charge < -0.3 is 20.1 Å². The number of ether oxygens (including phenoxy) is 1. The van der Waals surface area contributed by atoms with Crippen molar-refractivity contribution in [3.05, 3.63) is 58.7 Å². The van der Waals surface area contributed by atoms with Crippen LogP contribution in [0.15, 0.2) is 42.5 Å². The molecule has 3 aromatic rings. The molecule has 0 aliphatic carbocycles. The summed E-state index contributed by atoms with van der Waals surface area (Å²) in [5.74, 6) is 0.0409. The molecule has 1 amide bonds. The number of rotatable bonds is 4. The number of aromatic nitrogens is 2. The fourth-order valence-electron chi connectivity index (χ4n) is 3.35. The van der Waals surface area contributed by atoms with Gasteiger partial charge in [-0.2, -0.15) is 5.10 Å². The van der Waals surface area contributed by atoms with Crippen LogP contribution in [-0.2, 0) is 4.74 Å². The van der Waals surface area contributed by atoms with Gasteiger partial charge in [-0.05, 0) is 30.3 Å². The Morgan fingerprint density at radius 2 is 1.93 bits per heavy atom. The average molecular weight is 401 g/mol. The molecule has 2 N–H and O–H groups in total. The molecule has 1 fully saturated rings. The Bertz CT molecular complexity index is 997. The number of carbonyl (C=O) groups is 1. The number of aliphatic hydroxyl groups is 1.